The Morgan fingerprint density at radius 3 is 2.59 bits per heavy atom. The van der Waals surface area contributed by atoms with E-state index in [0.29, 0.717) is 11.1 Å². The van der Waals surface area contributed by atoms with E-state index >= 15 is 0 Å². The molecule has 0 amide bonds. The molecule has 0 saturated carbocycles. The van der Waals surface area contributed by atoms with Gasteiger partial charge in [-0.2, -0.15) is 0 Å². The number of carbonyl (C=O) groups is 1. The molecule has 1 nitrogen and oxygen atoms in total. The van der Waals surface area contributed by atoms with Gasteiger partial charge in [-0.3, -0.25) is 4.79 Å². The van der Waals surface area contributed by atoms with Crippen molar-refractivity contribution in [3.8, 4) is 0 Å². The smallest absolute Gasteiger partial charge is 0.141 e. The van der Waals surface area contributed by atoms with Crippen molar-refractivity contribution in [2.24, 2.45) is 0 Å². The van der Waals surface area contributed by atoms with Crippen LogP contribution in [0.3, 0.4) is 0 Å². The Kier molecular flexibility index (Phi) is 2.38. The van der Waals surface area contributed by atoms with Crippen LogP contribution >= 0.6 is 0 Å². The van der Waals surface area contributed by atoms with Crippen molar-refractivity contribution >= 4 is 5.78 Å². The highest BCUT2D eigenvalue weighted by Gasteiger charge is 2.06. The summed E-state index contributed by atoms with van der Waals surface area (Å²) in [6, 6.07) is 8.62. The monoisotopic (exact) mass is 228 g/mol. The summed E-state index contributed by atoms with van der Waals surface area (Å²) in [5.74, 6) is -0.0608. The molecule has 0 aliphatic carbocycles. The van der Waals surface area contributed by atoms with Crippen molar-refractivity contribution in [3.05, 3.63) is 71.2 Å². The van der Waals surface area contributed by atoms with E-state index in [9.17, 15) is 4.79 Å². The highest BCUT2D eigenvalue weighted by atomic mass is 16.1. The topological polar surface area (TPSA) is 17.1 Å². The molecule has 0 aromatic heterocycles. The predicted octanol–water partition coefficient (Wildman–Crippen LogP) is 3.35. The molecule has 0 saturated heterocycles. The molecule has 0 fully saturated rings. The third kappa shape index (κ3) is 3.28. The van der Waals surface area contributed by atoms with Gasteiger partial charge in [0.2, 0.25) is 0 Å². The molecule has 0 aliphatic heterocycles. The SMILES string of the molecule is [2H]c1c([2H])c([2H])c(CC(=O)Cc2ccccc2)c(C)c1[2H]. The van der Waals surface area contributed by atoms with E-state index in [1.54, 1.807) is 6.92 Å². The average molecular weight is 228 g/mol. The maximum atomic E-state index is 12.1. The third-order valence-corrected chi connectivity index (χ3v) is 2.60. The normalized spacial score (nSPS) is 13.5. The molecule has 0 atom stereocenters. The second-order valence-electron chi connectivity index (χ2n) is 3.98. The van der Waals surface area contributed by atoms with E-state index in [4.69, 9.17) is 5.48 Å². The van der Waals surface area contributed by atoms with Crippen molar-refractivity contribution in [3.63, 3.8) is 0 Å². The van der Waals surface area contributed by atoms with Gasteiger partial charge in [-0.25, -0.2) is 0 Å². The summed E-state index contributed by atoms with van der Waals surface area (Å²) < 4.78 is 31.0. The zero-order valence-corrected chi connectivity index (χ0v) is 9.71. The molecule has 2 rings (SSSR count). The molecule has 2 aromatic carbocycles. The Morgan fingerprint density at radius 2 is 1.82 bits per heavy atom. The average Bonchev–Trinajstić information content (AvgIpc) is 2.48. The van der Waals surface area contributed by atoms with E-state index in [0.717, 1.165) is 5.56 Å². The van der Waals surface area contributed by atoms with Gasteiger partial charge < -0.3 is 0 Å². The zero-order valence-electron chi connectivity index (χ0n) is 13.7. The number of rotatable bonds is 4. The first-order valence-corrected chi connectivity index (χ1v) is 5.53. The summed E-state index contributed by atoms with van der Waals surface area (Å²) in [4.78, 5) is 12.1. The second-order valence-corrected chi connectivity index (χ2v) is 3.98. The van der Waals surface area contributed by atoms with Crippen molar-refractivity contribution in [1.82, 2.24) is 0 Å². The predicted molar refractivity (Wildman–Crippen MR) is 70.0 cm³/mol. The van der Waals surface area contributed by atoms with Gasteiger partial charge >= 0.3 is 0 Å². The van der Waals surface area contributed by atoms with Crippen LogP contribution < -0.4 is 0 Å². The van der Waals surface area contributed by atoms with Crippen LogP contribution in [0, 0.1) is 6.92 Å². The zero-order chi connectivity index (χ0) is 15.6. The first kappa shape index (κ1) is 7.44. The van der Waals surface area contributed by atoms with Crippen molar-refractivity contribution in [2.75, 3.05) is 0 Å². The van der Waals surface area contributed by atoms with Crippen LogP contribution in [-0.2, 0) is 17.6 Å². The van der Waals surface area contributed by atoms with Crippen LogP contribution in [-0.4, -0.2) is 5.78 Å². The van der Waals surface area contributed by atoms with Gasteiger partial charge in [0.1, 0.15) is 5.78 Å². The Labute approximate surface area is 108 Å². The Hall–Kier alpha value is -1.89. The van der Waals surface area contributed by atoms with Gasteiger partial charge in [-0.05, 0) is 23.6 Å². The van der Waals surface area contributed by atoms with Gasteiger partial charge in [0.15, 0.2) is 0 Å². The van der Waals surface area contributed by atoms with E-state index in [1.807, 2.05) is 30.3 Å². The molecule has 1 heteroatoms. The second kappa shape index (κ2) is 5.44. The van der Waals surface area contributed by atoms with Crippen LogP contribution in [0.4, 0.5) is 0 Å². The summed E-state index contributed by atoms with van der Waals surface area (Å²) in [5.41, 5.74) is 1.74. The lowest BCUT2D eigenvalue weighted by Gasteiger charge is -2.04. The number of ketones is 1. The van der Waals surface area contributed by atoms with Gasteiger partial charge in [-0.1, -0.05) is 54.5 Å². The minimum atomic E-state index is -0.284. The van der Waals surface area contributed by atoms with Gasteiger partial charge in [-0.15, -0.1) is 0 Å². The summed E-state index contributed by atoms with van der Waals surface area (Å²) in [5, 5.41) is 0. The molecule has 0 spiro atoms. The molecule has 17 heavy (non-hydrogen) atoms. The van der Waals surface area contributed by atoms with E-state index in [2.05, 4.69) is 0 Å². The lowest BCUT2D eigenvalue weighted by Crippen LogP contribution is -2.07. The number of hydrogen-bond acceptors (Lipinski definition) is 1. The minimum absolute atomic E-state index is 0.0254. The molecule has 86 valence electrons. The van der Waals surface area contributed by atoms with E-state index in [-0.39, 0.29) is 42.8 Å². The quantitative estimate of drug-likeness (QED) is 0.784. The van der Waals surface area contributed by atoms with Crippen molar-refractivity contribution in [2.45, 2.75) is 19.8 Å². The van der Waals surface area contributed by atoms with Crippen LogP contribution in [0.2, 0.25) is 0 Å². The molecule has 0 radical (unpaired) electrons. The highest BCUT2D eigenvalue weighted by Crippen LogP contribution is 2.10. The Morgan fingerprint density at radius 1 is 1.12 bits per heavy atom. The van der Waals surface area contributed by atoms with Crippen LogP contribution in [0.1, 0.15) is 22.2 Å². The lowest BCUT2D eigenvalue weighted by molar-refractivity contribution is -0.117. The van der Waals surface area contributed by atoms with Gasteiger partial charge in [0, 0.05) is 12.8 Å². The summed E-state index contributed by atoms with van der Waals surface area (Å²) in [6.07, 6.45) is 0.292. The summed E-state index contributed by atoms with van der Waals surface area (Å²) in [7, 11) is 0. The standard InChI is InChI=1S/C16H16O/c1-13-7-5-6-10-15(13)12-16(17)11-14-8-3-2-4-9-14/h2-10H,11-12H2,1H3/i5D,6D,7D,10D. The number of benzene rings is 2. The maximum absolute atomic E-state index is 12.1. The number of hydrogen-bond donors (Lipinski definition) is 0. The Bertz CT molecular complexity index is 651. The first-order valence-electron chi connectivity index (χ1n) is 7.53. The minimum Gasteiger partial charge on any atom is -0.299 e. The third-order valence-electron chi connectivity index (χ3n) is 2.60. The molecule has 0 aliphatic rings. The molecule has 0 unspecified atom stereocenters. The highest BCUT2D eigenvalue weighted by molar-refractivity contribution is 5.83. The van der Waals surface area contributed by atoms with E-state index < -0.39 is 0 Å². The molecular weight excluding hydrogens is 208 g/mol. The number of Topliss-reactive ketones (excluding diaryl/α,β-unsaturated/α-hetero) is 1. The Balaban J connectivity index is 2.26. The van der Waals surface area contributed by atoms with Crippen LogP contribution in [0.15, 0.2) is 54.5 Å². The van der Waals surface area contributed by atoms with Gasteiger partial charge in [0.05, 0.1) is 5.48 Å². The fourth-order valence-corrected chi connectivity index (χ4v) is 1.66. The van der Waals surface area contributed by atoms with Crippen LogP contribution in [0.5, 0.6) is 0 Å². The van der Waals surface area contributed by atoms with Crippen molar-refractivity contribution in [1.29, 1.82) is 0 Å². The van der Waals surface area contributed by atoms with E-state index in [1.165, 1.54) is 0 Å². The fraction of sp³-hybridized carbons (Fsp3) is 0.188. The number of carbonyl (C=O) groups excluding carboxylic acids is 1. The molecule has 0 heterocycles. The molecule has 2 aromatic rings. The summed E-state index contributed by atoms with van der Waals surface area (Å²) >= 11 is 0. The molecule has 0 bridgehead atoms. The maximum Gasteiger partial charge on any atom is 0.141 e. The van der Waals surface area contributed by atoms with Gasteiger partial charge in [0.25, 0.3) is 0 Å². The fourth-order valence-electron chi connectivity index (χ4n) is 1.66. The van der Waals surface area contributed by atoms with Crippen LogP contribution in [0.25, 0.3) is 0 Å². The van der Waals surface area contributed by atoms with Crippen molar-refractivity contribution < 1.29 is 10.3 Å². The lowest BCUT2D eigenvalue weighted by atomic mass is 10.00. The first-order chi connectivity index (χ1) is 9.91. The molecular formula is C16H16O. The summed E-state index contributed by atoms with van der Waals surface area (Å²) in [6.45, 7) is 1.63. The largest absolute Gasteiger partial charge is 0.299 e. The molecule has 0 N–H and O–H groups in total.